The number of amides is 1. The van der Waals surface area contributed by atoms with Crippen LogP contribution >= 0.6 is 0 Å². The van der Waals surface area contributed by atoms with E-state index in [2.05, 4.69) is 20.2 Å². The van der Waals surface area contributed by atoms with Crippen LogP contribution in [0.1, 0.15) is 29.2 Å². The van der Waals surface area contributed by atoms with E-state index in [4.69, 9.17) is 4.52 Å². The zero-order chi connectivity index (χ0) is 21.0. The van der Waals surface area contributed by atoms with Crippen LogP contribution in [0, 0.1) is 5.82 Å². The first-order chi connectivity index (χ1) is 13.7. The molecular formula is C19H16F3N3O4. The average Bonchev–Trinajstić information content (AvgIpc) is 3.15. The Bertz CT molecular complexity index is 970. The third kappa shape index (κ3) is 5.32. The van der Waals surface area contributed by atoms with Gasteiger partial charge in [0.1, 0.15) is 17.6 Å². The highest BCUT2D eigenvalue weighted by molar-refractivity contribution is 5.94. The quantitative estimate of drug-likeness (QED) is 0.624. The largest absolute Gasteiger partial charge is 0.433 e. The fourth-order valence-corrected chi connectivity index (χ4v) is 2.40. The number of hydrogen-bond donors (Lipinski definition) is 2. The maximum Gasteiger partial charge on any atom is 0.394 e. The number of ether oxygens (including phenoxy) is 1. The van der Waals surface area contributed by atoms with E-state index in [0.29, 0.717) is 12.5 Å². The van der Waals surface area contributed by atoms with Crippen LogP contribution in [-0.2, 0) is 0 Å². The number of aliphatic hydroxyl groups excluding tert-OH is 1. The molecule has 1 aromatic heterocycles. The van der Waals surface area contributed by atoms with Crippen LogP contribution in [0.4, 0.5) is 13.2 Å². The minimum Gasteiger partial charge on any atom is -0.433 e. The number of rotatable bonds is 7. The highest BCUT2D eigenvalue weighted by Crippen LogP contribution is 2.25. The predicted molar refractivity (Wildman–Crippen MR) is 94.7 cm³/mol. The van der Waals surface area contributed by atoms with Gasteiger partial charge in [0.15, 0.2) is 0 Å². The van der Waals surface area contributed by atoms with Crippen LogP contribution in [0.15, 0.2) is 53.1 Å². The average molecular weight is 407 g/mol. The number of nitrogens with zero attached hydrogens (tertiary/aromatic N) is 2. The fourth-order valence-electron chi connectivity index (χ4n) is 2.40. The van der Waals surface area contributed by atoms with E-state index < -0.39 is 30.5 Å². The predicted octanol–water partition coefficient (Wildman–Crippen LogP) is 3.33. The number of aliphatic hydroxyl groups is 1. The molecule has 0 aliphatic carbocycles. The van der Waals surface area contributed by atoms with Gasteiger partial charge < -0.3 is 19.7 Å². The Morgan fingerprint density at radius 1 is 1.21 bits per heavy atom. The number of carbonyl (C=O) groups is 1. The standard InChI is InChI=1S/C19H16F3N3O4/c1-19(21,22)28-14-8-4-11(5-9-14)16-24-18(29-25-16)15(10-26)23-17(27)12-2-6-13(20)7-3-12/h2-9,15,26H,10H2,1H3,(H,23,27)/t15-/m0/s1. The minimum atomic E-state index is -3.31. The molecule has 10 heteroatoms. The zero-order valence-electron chi connectivity index (χ0n) is 15.1. The summed E-state index contributed by atoms with van der Waals surface area (Å²) in [4.78, 5) is 16.3. The lowest BCUT2D eigenvalue weighted by molar-refractivity contribution is -0.158. The molecule has 0 spiro atoms. The van der Waals surface area contributed by atoms with Gasteiger partial charge in [-0.05, 0) is 48.5 Å². The number of hydrogen-bond acceptors (Lipinski definition) is 6. The first-order valence-electron chi connectivity index (χ1n) is 8.43. The summed E-state index contributed by atoms with van der Waals surface area (Å²) in [6, 6.07) is 9.43. The Morgan fingerprint density at radius 3 is 2.45 bits per heavy atom. The van der Waals surface area contributed by atoms with Gasteiger partial charge in [0, 0.05) is 18.1 Å². The van der Waals surface area contributed by atoms with E-state index in [1.54, 1.807) is 0 Å². The van der Waals surface area contributed by atoms with Gasteiger partial charge in [0.25, 0.3) is 11.8 Å². The van der Waals surface area contributed by atoms with Crippen LogP contribution in [-0.4, -0.2) is 33.9 Å². The normalized spacial score (nSPS) is 12.4. The van der Waals surface area contributed by atoms with Crippen molar-refractivity contribution < 1.29 is 32.3 Å². The summed E-state index contributed by atoms with van der Waals surface area (Å²) in [5.74, 6) is -1.01. The molecule has 152 valence electrons. The van der Waals surface area contributed by atoms with E-state index in [1.807, 2.05) is 0 Å². The summed E-state index contributed by atoms with van der Waals surface area (Å²) in [6.45, 7) is 0.106. The van der Waals surface area contributed by atoms with Gasteiger partial charge >= 0.3 is 6.11 Å². The van der Waals surface area contributed by atoms with Crippen molar-refractivity contribution in [1.29, 1.82) is 0 Å². The van der Waals surface area contributed by atoms with Crippen LogP contribution in [0.25, 0.3) is 11.4 Å². The Morgan fingerprint density at radius 2 is 1.86 bits per heavy atom. The first kappa shape index (κ1) is 20.3. The van der Waals surface area contributed by atoms with E-state index >= 15 is 0 Å². The van der Waals surface area contributed by atoms with Crippen LogP contribution < -0.4 is 10.1 Å². The van der Waals surface area contributed by atoms with E-state index in [9.17, 15) is 23.1 Å². The van der Waals surface area contributed by atoms with Crippen molar-refractivity contribution in [2.45, 2.75) is 19.1 Å². The maximum atomic E-state index is 13.0. The summed E-state index contributed by atoms with van der Waals surface area (Å²) in [7, 11) is 0. The number of carbonyl (C=O) groups excluding carboxylic acids is 1. The van der Waals surface area contributed by atoms with Gasteiger partial charge in [-0.2, -0.15) is 13.8 Å². The van der Waals surface area contributed by atoms with E-state index in [0.717, 1.165) is 12.1 Å². The van der Waals surface area contributed by atoms with Crippen molar-refractivity contribution in [3.63, 3.8) is 0 Å². The van der Waals surface area contributed by atoms with Gasteiger partial charge in [-0.15, -0.1) is 0 Å². The Labute approximate surface area is 163 Å². The van der Waals surface area contributed by atoms with Crippen LogP contribution in [0.2, 0.25) is 0 Å². The Hall–Kier alpha value is -3.40. The molecule has 0 aliphatic rings. The van der Waals surface area contributed by atoms with E-state index in [1.165, 1.54) is 36.4 Å². The lowest BCUT2D eigenvalue weighted by Crippen LogP contribution is -2.31. The molecule has 1 atom stereocenters. The summed E-state index contributed by atoms with van der Waals surface area (Å²) in [5.41, 5.74) is 0.640. The Balaban J connectivity index is 1.71. The maximum absolute atomic E-state index is 13.0. The second-order valence-corrected chi connectivity index (χ2v) is 6.11. The molecule has 0 aliphatic heterocycles. The third-order valence-electron chi connectivity index (χ3n) is 3.74. The molecule has 2 aromatic carbocycles. The minimum absolute atomic E-state index is 0.0373. The van der Waals surface area contributed by atoms with Crippen LogP contribution in [0.3, 0.4) is 0 Å². The van der Waals surface area contributed by atoms with Gasteiger partial charge in [-0.25, -0.2) is 4.39 Å². The molecular weight excluding hydrogens is 391 g/mol. The summed E-state index contributed by atoms with van der Waals surface area (Å²) < 4.78 is 48.2. The van der Waals surface area contributed by atoms with E-state index in [-0.39, 0.29) is 23.0 Å². The summed E-state index contributed by atoms with van der Waals surface area (Å²) in [5, 5.41) is 15.8. The van der Waals surface area contributed by atoms with Crippen molar-refractivity contribution in [3.05, 3.63) is 65.8 Å². The van der Waals surface area contributed by atoms with Crippen LogP contribution in [0.5, 0.6) is 5.75 Å². The topological polar surface area (TPSA) is 97.5 Å². The van der Waals surface area contributed by atoms with Gasteiger partial charge in [-0.3, -0.25) is 4.79 Å². The second-order valence-electron chi connectivity index (χ2n) is 6.11. The Kier molecular flexibility index (Phi) is 5.83. The van der Waals surface area contributed by atoms with Gasteiger partial charge in [0.05, 0.1) is 6.61 Å². The number of nitrogens with one attached hydrogen (secondary N) is 1. The number of aromatic nitrogens is 2. The molecule has 0 radical (unpaired) electrons. The molecule has 7 nitrogen and oxygen atoms in total. The lowest BCUT2D eigenvalue weighted by atomic mass is 10.2. The van der Waals surface area contributed by atoms with Gasteiger partial charge in [-0.1, -0.05) is 5.16 Å². The fraction of sp³-hybridized carbons (Fsp3) is 0.211. The number of benzene rings is 2. The van der Waals surface area contributed by atoms with Crippen molar-refractivity contribution in [3.8, 4) is 17.1 Å². The van der Waals surface area contributed by atoms with Crippen molar-refractivity contribution in [2.24, 2.45) is 0 Å². The molecule has 3 rings (SSSR count). The number of halogens is 3. The van der Waals surface area contributed by atoms with Gasteiger partial charge in [0.2, 0.25) is 5.82 Å². The SMILES string of the molecule is CC(F)(F)Oc1ccc(-c2noc([C@H](CO)NC(=O)c3ccc(F)cc3)n2)cc1. The molecule has 2 N–H and O–H groups in total. The zero-order valence-corrected chi connectivity index (χ0v) is 15.1. The van der Waals surface area contributed by atoms with Crippen molar-refractivity contribution in [2.75, 3.05) is 6.61 Å². The summed E-state index contributed by atoms with van der Waals surface area (Å²) >= 11 is 0. The molecule has 0 saturated carbocycles. The molecule has 0 unspecified atom stereocenters. The summed E-state index contributed by atoms with van der Waals surface area (Å²) in [6.07, 6.45) is -3.31. The first-order valence-corrected chi connectivity index (χ1v) is 8.43. The third-order valence-corrected chi connectivity index (χ3v) is 3.74. The molecule has 0 fully saturated rings. The van der Waals surface area contributed by atoms with Crippen molar-refractivity contribution in [1.82, 2.24) is 15.5 Å². The van der Waals surface area contributed by atoms with Crippen molar-refractivity contribution >= 4 is 5.91 Å². The molecule has 1 amide bonds. The highest BCUT2D eigenvalue weighted by Gasteiger charge is 2.24. The molecule has 0 bridgehead atoms. The highest BCUT2D eigenvalue weighted by atomic mass is 19.3. The second kappa shape index (κ2) is 8.31. The molecule has 0 saturated heterocycles. The smallest absolute Gasteiger partial charge is 0.394 e. The monoisotopic (exact) mass is 407 g/mol. The molecule has 3 aromatic rings. The molecule has 1 heterocycles. The lowest BCUT2D eigenvalue weighted by Gasteiger charge is -2.12. The number of alkyl halides is 2. The molecule has 29 heavy (non-hydrogen) atoms.